The number of carbonyl (C=O) groups excluding carboxylic acids is 1. The molecule has 0 spiro atoms. The summed E-state index contributed by atoms with van der Waals surface area (Å²) in [6.45, 7) is 0.0399. The first-order valence-corrected chi connectivity index (χ1v) is 3.13. The minimum absolute atomic E-state index is 0.0479. The van der Waals surface area contributed by atoms with Crippen LogP contribution in [0.1, 0.15) is 6.42 Å². The zero-order chi connectivity index (χ0) is 7.82. The lowest BCUT2D eigenvalue weighted by atomic mass is 10.4. The van der Waals surface area contributed by atoms with Gasteiger partial charge in [-0.3, -0.25) is 9.18 Å². The standard InChI is InChI=1S/C6H12FNO2/c1-10-5-6(9)8-4-2-3-7/h2-5H2,1H3,(H,8,9). The van der Waals surface area contributed by atoms with Gasteiger partial charge in [-0.25, -0.2) is 0 Å². The lowest BCUT2D eigenvalue weighted by molar-refractivity contribution is -0.124. The lowest BCUT2D eigenvalue weighted by Crippen LogP contribution is -2.28. The quantitative estimate of drug-likeness (QED) is 0.563. The third-order valence-corrected chi connectivity index (χ3v) is 0.908. The molecule has 0 aromatic carbocycles. The van der Waals surface area contributed by atoms with Gasteiger partial charge in [0.1, 0.15) is 6.61 Å². The van der Waals surface area contributed by atoms with E-state index in [0.717, 1.165) is 0 Å². The summed E-state index contributed by atoms with van der Waals surface area (Å²) < 4.78 is 16.0. The lowest BCUT2D eigenvalue weighted by Gasteiger charge is -2.00. The molecule has 0 heterocycles. The molecule has 60 valence electrons. The predicted octanol–water partition coefficient (Wildman–Crippen LogP) is 0.109. The summed E-state index contributed by atoms with van der Waals surface area (Å²) in [7, 11) is 1.44. The van der Waals surface area contributed by atoms with Gasteiger partial charge in [0.2, 0.25) is 5.91 Å². The van der Waals surface area contributed by atoms with Crippen LogP contribution in [0, 0.1) is 0 Å². The highest BCUT2D eigenvalue weighted by Gasteiger charge is 1.96. The Morgan fingerprint density at radius 2 is 2.40 bits per heavy atom. The SMILES string of the molecule is COCC(=O)NCCCF. The van der Waals surface area contributed by atoms with Crippen LogP contribution in [-0.2, 0) is 9.53 Å². The van der Waals surface area contributed by atoms with E-state index in [2.05, 4.69) is 10.1 Å². The van der Waals surface area contributed by atoms with Gasteiger partial charge in [-0.05, 0) is 6.42 Å². The van der Waals surface area contributed by atoms with Gasteiger partial charge in [-0.2, -0.15) is 0 Å². The molecule has 0 aliphatic rings. The van der Waals surface area contributed by atoms with Crippen LogP contribution < -0.4 is 5.32 Å². The summed E-state index contributed by atoms with van der Waals surface area (Å²) in [5, 5.41) is 2.48. The third-order valence-electron chi connectivity index (χ3n) is 0.908. The van der Waals surface area contributed by atoms with Crippen molar-refractivity contribution in [3.8, 4) is 0 Å². The molecule has 0 rings (SSSR count). The van der Waals surface area contributed by atoms with Crippen LogP contribution in [0.4, 0.5) is 4.39 Å². The van der Waals surface area contributed by atoms with Gasteiger partial charge in [-0.15, -0.1) is 0 Å². The van der Waals surface area contributed by atoms with Gasteiger partial charge in [0.05, 0.1) is 6.67 Å². The van der Waals surface area contributed by atoms with Gasteiger partial charge in [0.15, 0.2) is 0 Å². The molecule has 0 saturated carbocycles. The number of rotatable bonds is 5. The summed E-state index contributed by atoms with van der Waals surface area (Å²) in [6, 6.07) is 0. The molecule has 0 aliphatic heterocycles. The van der Waals surface area contributed by atoms with Crippen molar-refractivity contribution in [1.29, 1.82) is 0 Å². The molecule has 0 aromatic heterocycles. The molecule has 0 aliphatic carbocycles. The second-order valence-electron chi connectivity index (χ2n) is 1.83. The van der Waals surface area contributed by atoms with Crippen LogP contribution >= 0.6 is 0 Å². The smallest absolute Gasteiger partial charge is 0.245 e. The van der Waals surface area contributed by atoms with Crippen molar-refractivity contribution in [3.05, 3.63) is 0 Å². The maximum absolute atomic E-state index is 11.4. The number of hydrogen-bond donors (Lipinski definition) is 1. The summed E-state index contributed by atoms with van der Waals surface area (Å²) in [6.07, 6.45) is 0.370. The number of nitrogens with one attached hydrogen (secondary N) is 1. The first kappa shape index (κ1) is 9.36. The fourth-order valence-corrected chi connectivity index (χ4v) is 0.477. The second kappa shape index (κ2) is 6.48. The normalized spacial score (nSPS) is 9.40. The van der Waals surface area contributed by atoms with Gasteiger partial charge < -0.3 is 10.1 Å². The first-order chi connectivity index (χ1) is 4.81. The van der Waals surface area contributed by atoms with E-state index in [0.29, 0.717) is 13.0 Å². The minimum atomic E-state index is -0.396. The van der Waals surface area contributed by atoms with Crippen molar-refractivity contribution in [3.63, 3.8) is 0 Å². The molecule has 0 saturated heterocycles. The average molecular weight is 149 g/mol. The molecule has 0 atom stereocenters. The van der Waals surface area contributed by atoms with E-state index in [-0.39, 0.29) is 12.5 Å². The van der Waals surface area contributed by atoms with Gasteiger partial charge >= 0.3 is 0 Å². The Kier molecular flexibility index (Phi) is 6.06. The minimum Gasteiger partial charge on any atom is -0.375 e. The summed E-state index contributed by atoms with van der Waals surface area (Å²) in [4.78, 5) is 10.6. The Hall–Kier alpha value is -0.640. The maximum atomic E-state index is 11.4. The molecule has 3 nitrogen and oxygen atoms in total. The summed E-state index contributed by atoms with van der Waals surface area (Å²) in [5.74, 6) is -0.198. The van der Waals surface area contributed by atoms with E-state index in [9.17, 15) is 9.18 Å². The van der Waals surface area contributed by atoms with Crippen LogP contribution in [0.25, 0.3) is 0 Å². The number of amides is 1. The zero-order valence-electron chi connectivity index (χ0n) is 6.02. The van der Waals surface area contributed by atoms with Crippen molar-refractivity contribution in [2.24, 2.45) is 0 Å². The zero-order valence-corrected chi connectivity index (χ0v) is 6.02. The molecule has 1 amide bonds. The number of alkyl halides is 1. The van der Waals surface area contributed by atoms with Gasteiger partial charge in [0, 0.05) is 13.7 Å². The van der Waals surface area contributed by atoms with E-state index < -0.39 is 6.67 Å². The maximum Gasteiger partial charge on any atom is 0.245 e. The molecule has 0 aromatic rings. The van der Waals surface area contributed by atoms with E-state index in [1.165, 1.54) is 7.11 Å². The second-order valence-corrected chi connectivity index (χ2v) is 1.83. The topological polar surface area (TPSA) is 38.3 Å². The van der Waals surface area contributed by atoms with Crippen molar-refractivity contribution < 1.29 is 13.9 Å². The Morgan fingerprint density at radius 3 is 2.90 bits per heavy atom. The van der Waals surface area contributed by atoms with Crippen LogP contribution in [-0.4, -0.2) is 32.8 Å². The molecule has 0 bridgehead atoms. The molecule has 1 N–H and O–H groups in total. The number of methoxy groups -OCH3 is 1. The van der Waals surface area contributed by atoms with Crippen molar-refractivity contribution in [2.45, 2.75) is 6.42 Å². The summed E-state index contributed by atoms with van der Waals surface area (Å²) >= 11 is 0. The average Bonchev–Trinajstić information content (AvgIpc) is 1.89. The molecular formula is C6H12FNO2. The Morgan fingerprint density at radius 1 is 1.70 bits per heavy atom. The number of ether oxygens (including phenoxy) is 1. The Bertz CT molecular complexity index is 97.7. The highest BCUT2D eigenvalue weighted by atomic mass is 19.1. The van der Waals surface area contributed by atoms with E-state index in [1.807, 2.05) is 0 Å². The van der Waals surface area contributed by atoms with Crippen LogP contribution in [0.2, 0.25) is 0 Å². The monoisotopic (exact) mass is 149 g/mol. The first-order valence-electron chi connectivity index (χ1n) is 3.13. The molecule has 10 heavy (non-hydrogen) atoms. The van der Waals surface area contributed by atoms with E-state index in [1.54, 1.807) is 0 Å². The van der Waals surface area contributed by atoms with E-state index >= 15 is 0 Å². The highest BCUT2D eigenvalue weighted by Crippen LogP contribution is 1.77. The van der Waals surface area contributed by atoms with Crippen molar-refractivity contribution in [1.82, 2.24) is 5.32 Å². The largest absolute Gasteiger partial charge is 0.375 e. The highest BCUT2D eigenvalue weighted by molar-refractivity contribution is 5.77. The molecule has 0 fully saturated rings. The fraction of sp³-hybridized carbons (Fsp3) is 0.833. The summed E-state index contributed by atoms with van der Waals surface area (Å²) in [5.41, 5.74) is 0. The number of hydrogen-bond acceptors (Lipinski definition) is 2. The fourth-order valence-electron chi connectivity index (χ4n) is 0.477. The third kappa shape index (κ3) is 5.50. The molecule has 4 heteroatoms. The molecule has 0 radical (unpaired) electrons. The number of halogens is 1. The van der Waals surface area contributed by atoms with Crippen molar-refractivity contribution >= 4 is 5.91 Å². The Labute approximate surface area is 59.6 Å². The van der Waals surface area contributed by atoms with E-state index in [4.69, 9.17) is 0 Å². The van der Waals surface area contributed by atoms with Crippen LogP contribution in [0.5, 0.6) is 0 Å². The van der Waals surface area contributed by atoms with Crippen molar-refractivity contribution in [2.75, 3.05) is 26.9 Å². The van der Waals surface area contributed by atoms with Gasteiger partial charge in [0.25, 0.3) is 0 Å². The Balaban J connectivity index is 3.05. The van der Waals surface area contributed by atoms with Gasteiger partial charge in [-0.1, -0.05) is 0 Å². The van der Waals surface area contributed by atoms with Crippen LogP contribution in [0.3, 0.4) is 0 Å². The predicted molar refractivity (Wildman–Crippen MR) is 35.5 cm³/mol. The van der Waals surface area contributed by atoms with Crippen LogP contribution in [0.15, 0.2) is 0 Å². The molecule has 0 unspecified atom stereocenters. The molecular weight excluding hydrogens is 137 g/mol. The number of carbonyl (C=O) groups is 1.